The maximum atomic E-state index is 5.65. The summed E-state index contributed by atoms with van der Waals surface area (Å²) in [6.07, 6.45) is 0. The minimum atomic E-state index is 0.578. The minimum Gasteiger partial charge on any atom is -0.326 e. The van der Waals surface area contributed by atoms with Crippen molar-refractivity contribution < 1.29 is 0 Å². The van der Waals surface area contributed by atoms with Crippen LogP contribution in [0.4, 0.5) is 0 Å². The molecule has 90 valence electrons. The van der Waals surface area contributed by atoms with Crippen LogP contribution in [0, 0.1) is 0 Å². The van der Waals surface area contributed by atoms with Gasteiger partial charge in [0.25, 0.3) is 0 Å². The van der Waals surface area contributed by atoms with Gasteiger partial charge in [0, 0.05) is 11.4 Å². The molecule has 2 aromatic carbocycles. The van der Waals surface area contributed by atoms with Crippen LogP contribution in [0.25, 0.3) is 10.2 Å². The summed E-state index contributed by atoms with van der Waals surface area (Å²) in [4.78, 5) is 5.81. The number of rotatable bonds is 3. The molecule has 2 N–H and O–H groups in total. The second-order valence-corrected chi connectivity index (χ2v) is 6.25. The summed E-state index contributed by atoms with van der Waals surface area (Å²) >= 11 is 3.42. The highest BCUT2D eigenvalue weighted by Gasteiger charge is 2.05. The van der Waals surface area contributed by atoms with Crippen molar-refractivity contribution in [2.75, 3.05) is 0 Å². The lowest BCUT2D eigenvalue weighted by Crippen LogP contribution is -1.95. The van der Waals surface area contributed by atoms with Crippen LogP contribution in [0.2, 0.25) is 0 Å². The first-order chi connectivity index (χ1) is 8.85. The van der Waals surface area contributed by atoms with Crippen LogP contribution in [-0.2, 0) is 6.54 Å². The van der Waals surface area contributed by atoms with E-state index in [4.69, 9.17) is 5.73 Å². The van der Waals surface area contributed by atoms with Gasteiger partial charge >= 0.3 is 0 Å². The number of fused-ring (bicyclic) bond motifs is 1. The summed E-state index contributed by atoms with van der Waals surface area (Å²) in [5.41, 5.74) is 7.87. The van der Waals surface area contributed by atoms with Crippen molar-refractivity contribution in [2.45, 2.75) is 15.8 Å². The predicted molar refractivity (Wildman–Crippen MR) is 78.1 cm³/mol. The van der Waals surface area contributed by atoms with Crippen molar-refractivity contribution in [2.24, 2.45) is 5.73 Å². The summed E-state index contributed by atoms with van der Waals surface area (Å²) in [6, 6.07) is 16.5. The Kier molecular flexibility index (Phi) is 3.32. The molecule has 1 heterocycles. The smallest absolute Gasteiger partial charge is 0.155 e. The van der Waals surface area contributed by atoms with Crippen LogP contribution >= 0.6 is 23.1 Å². The fourth-order valence-electron chi connectivity index (χ4n) is 1.73. The van der Waals surface area contributed by atoms with Crippen LogP contribution in [0.3, 0.4) is 0 Å². The topological polar surface area (TPSA) is 38.9 Å². The Morgan fingerprint density at radius 2 is 2.00 bits per heavy atom. The number of hydrogen-bond acceptors (Lipinski definition) is 4. The van der Waals surface area contributed by atoms with Gasteiger partial charge in [-0.05, 0) is 29.8 Å². The first kappa shape index (κ1) is 11.7. The van der Waals surface area contributed by atoms with Gasteiger partial charge in [-0.25, -0.2) is 4.98 Å². The molecular weight excluding hydrogens is 260 g/mol. The average Bonchev–Trinajstić information content (AvgIpc) is 2.81. The fourth-order valence-corrected chi connectivity index (χ4v) is 3.86. The van der Waals surface area contributed by atoms with E-state index in [1.54, 1.807) is 23.1 Å². The van der Waals surface area contributed by atoms with Gasteiger partial charge in [-0.1, -0.05) is 36.0 Å². The number of nitrogens with two attached hydrogens (primary N) is 1. The number of thiazole rings is 1. The molecule has 1 aromatic heterocycles. The quantitative estimate of drug-likeness (QED) is 0.785. The molecule has 0 fully saturated rings. The van der Waals surface area contributed by atoms with Gasteiger partial charge in [-0.3, -0.25) is 0 Å². The van der Waals surface area contributed by atoms with Crippen LogP contribution in [0.15, 0.2) is 57.8 Å². The molecule has 0 saturated heterocycles. The number of hydrogen-bond donors (Lipinski definition) is 1. The summed E-state index contributed by atoms with van der Waals surface area (Å²) in [6.45, 7) is 0.578. The van der Waals surface area contributed by atoms with E-state index in [1.165, 1.54) is 9.60 Å². The van der Waals surface area contributed by atoms with Crippen molar-refractivity contribution in [1.82, 2.24) is 4.98 Å². The summed E-state index contributed by atoms with van der Waals surface area (Å²) in [5.74, 6) is 0. The third-order valence-electron chi connectivity index (χ3n) is 2.61. The van der Waals surface area contributed by atoms with Crippen molar-refractivity contribution in [3.8, 4) is 0 Å². The van der Waals surface area contributed by atoms with Gasteiger partial charge in [-0.15, -0.1) is 11.3 Å². The predicted octanol–water partition coefficient (Wildman–Crippen LogP) is 3.91. The Bertz CT molecular complexity index is 643. The van der Waals surface area contributed by atoms with Crippen LogP contribution in [0.1, 0.15) is 5.56 Å². The van der Waals surface area contributed by atoms with Gasteiger partial charge in [-0.2, -0.15) is 0 Å². The van der Waals surface area contributed by atoms with Gasteiger partial charge in [0.05, 0.1) is 10.2 Å². The first-order valence-corrected chi connectivity index (χ1v) is 7.31. The van der Waals surface area contributed by atoms with E-state index in [-0.39, 0.29) is 0 Å². The molecule has 4 heteroatoms. The standard InChI is InChI=1S/C14H12N2S2/c15-9-10-4-3-5-11(8-10)17-14-16-12-6-1-2-7-13(12)18-14/h1-8H,9,15H2. The lowest BCUT2D eigenvalue weighted by molar-refractivity contribution is 1.06. The van der Waals surface area contributed by atoms with Gasteiger partial charge in [0.2, 0.25) is 0 Å². The fraction of sp³-hybridized carbons (Fsp3) is 0.0714. The van der Waals surface area contributed by atoms with E-state index >= 15 is 0 Å². The zero-order valence-corrected chi connectivity index (χ0v) is 11.3. The van der Waals surface area contributed by atoms with E-state index in [9.17, 15) is 0 Å². The first-order valence-electron chi connectivity index (χ1n) is 5.67. The lowest BCUT2D eigenvalue weighted by Gasteiger charge is -2.00. The summed E-state index contributed by atoms with van der Waals surface area (Å²) in [7, 11) is 0. The molecule has 2 nitrogen and oxygen atoms in total. The van der Waals surface area contributed by atoms with Crippen molar-refractivity contribution in [3.63, 3.8) is 0 Å². The van der Waals surface area contributed by atoms with E-state index in [1.807, 2.05) is 30.3 Å². The number of nitrogens with zero attached hydrogens (tertiary/aromatic N) is 1. The molecule has 3 rings (SSSR count). The summed E-state index contributed by atoms with van der Waals surface area (Å²) < 4.78 is 2.31. The Morgan fingerprint density at radius 3 is 2.83 bits per heavy atom. The molecule has 3 aromatic rings. The van der Waals surface area contributed by atoms with Gasteiger partial charge in [0.15, 0.2) is 4.34 Å². The van der Waals surface area contributed by atoms with E-state index in [0.717, 1.165) is 15.4 Å². The van der Waals surface area contributed by atoms with Crippen molar-refractivity contribution >= 4 is 33.3 Å². The third-order valence-corrected chi connectivity index (χ3v) is 4.70. The maximum absolute atomic E-state index is 5.65. The average molecular weight is 272 g/mol. The second-order valence-electron chi connectivity index (χ2n) is 3.90. The zero-order chi connectivity index (χ0) is 12.4. The van der Waals surface area contributed by atoms with E-state index in [2.05, 4.69) is 23.2 Å². The molecule has 0 bridgehead atoms. The minimum absolute atomic E-state index is 0.578. The van der Waals surface area contributed by atoms with Crippen LogP contribution in [-0.4, -0.2) is 4.98 Å². The van der Waals surface area contributed by atoms with E-state index < -0.39 is 0 Å². The molecule has 0 radical (unpaired) electrons. The van der Waals surface area contributed by atoms with Crippen molar-refractivity contribution in [3.05, 3.63) is 54.1 Å². The number of benzene rings is 2. The van der Waals surface area contributed by atoms with E-state index in [0.29, 0.717) is 6.54 Å². The zero-order valence-electron chi connectivity index (χ0n) is 9.67. The highest BCUT2D eigenvalue weighted by molar-refractivity contribution is 8.01. The molecule has 0 aliphatic rings. The molecule has 18 heavy (non-hydrogen) atoms. The molecule has 0 amide bonds. The lowest BCUT2D eigenvalue weighted by atomic mass is 10.2. The monoisotopic (exact) mass is 272 g/mol. The maximum Gasteiger partial charge on any atom is 0.155 e. The Hall–Kier alpha value is -1.36. The third kappa shape index (κ3) is 2.41. The molecule has 0 unspecified atom stereocenters. The largest absolute Gasteiger partial charge is 0.326 e. The Balaban J connectivity index is 1.91. The molecule has 0 saturated carbocycles. The number of aromatic nitrogens is 1. The highest BCUT2D eigenvalue weighted by atomic mass is 32.2. The number of para-hydroxylation sites is 1. The molecule has 0 spiro atoms. The van der Waals surface area contributed by atoms with Crippen LogP contribution in [0.5, 0.6) is 0 Å². The molecule has 0 aliphatic carbocycles. The van der Waals surface area contributed by atoms with Crippen molar-refractivity contribution in [1.29, 1.82) is 0 Å². The molecular formula is C14H12N2S2. The molecule has 0 atom stereocenters. The highest BCUT2D eigenvalue weighted by Crippen LogP contribution is 2.34. The SMILES string of the molecule is NCc1cccc(Sc2nc3ccccc3s2)c1. The van der Waals surface area contributed by atoms with Gasteiger partial charge < -0.3 is 5.73 Å². The molecule has 0 aliphatic heterocycles. The van der Waals surface area contributed by atoms with Crippen LogP contribution < -0.4 is 5.73 Å². The second kappa shape index (κ2) is 5.10. The Labute approximate surface area is 114 Å². The summed E-state index contributed by atoms with van der Waals surface area (Å²) in [5, 5.41) is 0. The Morgan fingerprint density at radius 1 is 1.11 bits per heavy atom. The normalized spacial score (nSPS) is 10.9. The van der Waals surface area contributed by atoms with Gasteiger partial charge in [0.1, 0.15) is 0 Å².